The minimum atomic E-state index is 0.130. The topological polar surface area (TPSA) is 34.9 Å². The van der Waals surface area contributed by atoms with Crippen LogP contribution in [0.2, 0.25) is 0 Å². The van der Waals surface area contributed by atoms with E-state index in [1.165, 1.54) is 0 Å². The lowest BCUT2D eigenvalue weighted by atomic mass is 10.0. The minimum absolute atomic E-state index is 0.130. The molecule has 0 saturated carbocycles. The smallest absolute Gasteiger partial charge is 0.258 e. The van der Waals surface area contributed by atoms with Gasteiger partial charge in [0.2, 0.25) is 0 Å². The highest BCUT2D eigenvalue weighted by Crippen LogP contribution is 2.21. The summed E-state index contributed by atoms with van der Waals surface area (Å²) < 4.78 is 1.96. The lowest BCUT2D eigenvalue weighted by Gasteiger charge is -2.11. The third-order valence-electron chi connectivity index (χ3n) is 4.93. The monoisotopic (exact) mass is 328 g/mol. The number of nitrogens with zero attached hydrogens (tertiary/aromatic N) is 2. The van der Waals surface area contributed by atoms with Crippen molar-refractivity contribution in [1.29, 1.82) is 0 Å². The van der Waals surface area contributed by atoms with Crippen LogP contribution in [0.4, 0.5) is 0 Å². The molecule has 0 radical (unpaired) electrons. The van der Waals surface area contributed by atoms with Crippen LogP contribution in [-0.4, -0.2) is 9.55 Å². The summed E-state index contributed by atoms with van der Waals surface area (Å²) in [6.07, 6.45) is 4.92. The Morgan fingerprint density at radius 2 is 2.04 bits per heavy atom. The predicted octanol–water partition coefficient (Wildman–Crippen LogP) is 3.77. The van der Waals surface area contributed by atoms with Gasteiger partial charge in [-0.1, -0.05) is 18.9 Å². The van der Waals surface area contributed by atoms with Gasteiger partial charge in [0, 0.05) is 29.4 Å². The average molecular weight is 328 g/mol. The Labute approximate surface area is 147 Å². The highest BCUT2D eigenvalue weighted by Gasteiger charge is 2.15. The van der Waals surface area contributed by atoms with Crippen LogP contribution in [0.1, 0.15) is 36.7 Å². The number of aryl methyl sites for hydroxylation is 1. The molecule has 1 aliphatic rings. The van der Waals surface area contributed by atoms with Gasteiger partial charge in [0.05, 0.1) is 0 Å². The Morgan fingerprint density at radius 1 is 1.12 bits per heavy atom. The van der Waals surface area contributed by atoms with Gasteiger partial charge in [0.15, 0.2) is 0 Å². The fourth-order valence-corrected chi connectivity index (χ4v) is 3.40. The van der Waals surface area contributed by atoms with E-state index in [-0.39, 0.29) is 5.56 Å². The van der Waals surface area contributed by atoms with E-state index in [1.54, 1.807) is 6.20 Å². The normalized spacial score (nSPS) is 16.6. The van der Waals surface area contributed by atoms with E-state index in [0.717, 1.165) is 53.5 Å². The highest BCUT2D eigenvalue weighted by molar-refractivity contribution is 5.83. The molecule has 2 aromatic heterocycles. The molecule has 0 spiro atoms. The van der Waals surface area contributed by atoms with E-state index >= 15 is 0 Å². The second kappa shape index (κ2) is 6.57. The number of aromatic nitrogens is 2. The van der Waals surface area contributed by atoms with Gasteiger partial charge in [-0.25, -0.2) is 4.98 Å². The first-order valence-electron chi connectivity index (χ1n) is 8.80. The summed E-state index contributed by atoms with van der Waals surface area (Å²) >= 11 is 0. The van der Waals surface area contributed by atoms with E-state index in [0.29, 0.717) is 5.92 Å². The van der Waals surface area contributed by atoms with E-state index in [4.69, 9.17) is 0 Å². The highest BCUT2D eigenvalue weighted by atomic mass is 16.1. The second-order valence-electron chi connectivity index (χ2n) is 6.79. The first-order valence-corrected chi connectivity index (χ1v) is 8.80. The summed E-state index contributed by atoms with van der Waals surface area (Å²) in [6.45, 7) is 3.09. The van der Waals surface area contributed by atoms with Crippen LogP contribution in [0.15, 0.2) is 53.5 Å². The van der Waals surface area contributed by atoms with Gasteiger partial charge in [0.25, 0.3) is 5.56 Å². The van der Waals surface area contributed by atoms with Gasteiger partial charge in [-0.15, -0.1) is 0 Å². The number of pyridine rings is 2. The number of hydrogen-bond acceptors (Lipinski definition) is 2. The molecule has 0 aliphatic carbocycles. The van der Waals surface area contributed by atoms with Crippen LogP contribution in [0, 0.1) is 17.8 Å². The van der Waals surface area contributed by atoms with Gasteiger partial charge in [-0.05, 0) is 72.9 Å². The Hall–Kier alpha value is -2.86. The molecule has 1 aromatic carbocycles. The standard InChI is InChI=1S/C22H20N2O/c1-16-5-9-20-15-18-14-17(6-8-19-4-2-3-12-23-19)7-10-21(18)22(25)24(20)13-11-16/h2-4,7,10,12,14-16H,5,9,11,13H2,1H3/t16-/m1/s1. The SMILES string of the molecule is C[C@@H]1CCc2cc3cc(C#Cc4ccccn4)ccc3c(=O)n2CC1. The molecule has 3 heteroatoms. The molecular formula is C22H20N2O. The van der Waals surface area contributed by atoms with E-state index in [9.17, 15) is 4.79 Å². The van der Waals surface area contributed by atoms with Crippen LogP contribution in [-0.2, 0) is 13.0 Å². The number of fused-ring (bicyclic) bond motifs is 2. The molecule has 0 amide bonds. The van der Waals surface area contributed by atoms with E-state index in [2.05, 4.69) is 29.8 Å². The maximum absolute atomic E-state index is 12.8. The predicted molar refractivity (Wildman–Crippen MR) is 101 cm³/mol. The fourth-order valence-electron chi connectivity index (χ4n) is 3.40. The van der Waals surface area contributed by atoms with E-state index in [1.807, 2.05) is 41.0 Å². The zero-order chi connectivity index (χ0) is 17.2. The van der Waals surface area contributed by atoms with Crippen LogP contribution < -0.4 is 5.56 Å². The van der Waals surface area contributed by atoms with Crippen molar-refractivity contribution in [3.63, 3.8) is 0 Å². The molecule has 1 atom stereocenters. The van der Waals surface area contributed by atoms with Crippen molar-refractivity contribution in [2.24, 2.45) is 5.92 Å². The Morgan fingerprint density at radius 3 is 2.88 bits per heavy atom. The van der Waals surface area contributed by atoms with Crippen LogP contribution in [0.3, 0.4) is 0 Å². The molecule has 0 N–H and O–H groups in total. The maximum atomic E-state index is 12.8. The maximum Gasteiger partial charge on any atom is 0.258 e. The quantitative estimate of drug-likeness (QED) is 0.589. The third kappa shape index (κ3) is 3.21. The second-order valence-corrected chi connectivity index (χ2v) is 6.79. The van der Waals surface area contributed by atoms with Crippen molar-refractivity contribution in [3.05, 3.63) is 76.0 Å². The van der Waals surface area contributed by atoms with Gasteiger partial charge in [-0.2, -0.15) is 0 Å². The molecule has 0 saturated heterocycles. The van der Waals surface area contributed by atoms with Crippen molar-refractivity contribution in [2.45, 2.75) is 32.7 Å². The summed E-state index contributed by atoms with van der Waals surface area (Å²) in [5, 5.41) is 1.76. The Bertz CT molecular complexity index is 1040. The lowest BCUT2D eigenvalue weighted by molar-refractivity contribution is 0.484. The average Bonchev–Trinajstić information content (AvgIpc) is 2.83. The van der Waals surface area contributed by atoms with Gasteiger partial charge < -0.3 is 4.57 Å². The largest absolute Gasteiger partial charge is 0.312 e. The molecule has 0 bridgehead atoms. The van der Waals surface area contributed by atoms with Gasteiger partial charge >= 0.3 is 0 Å². The van der Waals surface area contributed by atoms with Crippen molar-refractivity contribution < 1.29 is 0 Å². The summed E-state index contributed by atoms with van der Waals surface area (Å²) in [5.41, 5.74) is 2.94. The molecular weight excluding hydrogens is 308 g/mol. The van der Waals surface area contributed by atoms with Gasteiger partial charge in [-0.3, -0.25) is 4.79 Å². The first-order chi connectivity index (χ1) is 12.2. The van der Waals surface area contributed by atoms with Crippen molar-refractivity contribution in [3.8, 4) is 11.8 Å². The molecule has 124 valence electrons. The molecule has 4 rings (SSSR count). The third-order valence-corrected chi connectivity index (χ3v) is 4.93. The fraction of sp³-hybridized carbons (Fsp3) is 0.273. The van der Waals surface area contributed by atoms with Crippen LogP contribution in [0.5, 0.6) is 0 Å². The Balaban J connectivity index is 1.77. The summed E-state index contributed by atoms with van der Waals surface area (Å²) in [4.78, 5) is 17.1. The number of rotatable bonds is 0. The summed E-state index contributed by atoms with van der Waals surface area (Å²) in [5.74, 6) is 6.89. The molecule has 3 nitrogen and oxygen atoms in total. The summed E-state index contributed by atoms with van der Waals surface area (Å²) in [7, 11) is 0. The van der Waals surface area contributed by atoms with Crippen molar-refractivity contribution >= 4 is 10.8 Å². The Kier molecular flexibility index (Phi) is 4.11. The molecule has 1 aliphatic heterocycles. The van der Waals surface area contributed by atoms with E-state index < -0.39 is 0 Å². The molecule has 25 heavy (non-hydrogen) atoms. The van der Waals surface area contributed by atoms with Crippen molar-refractivity contribution in [1.82, 2.24) is 9.55 Å². The number of benzene rings is 1. The summed E-state index contributed by atoms with van der Waals surface area (Å²) in [6, 6.07) is 13.7. The number of hydrogen-bond donors (Lipinski definition) is 0. The zero-order valence-corrected chi connectivity index (χ0v) is 14.3. The zero-order valence-electron chi connectivity index (χ0n) is 14.3. The molecule has 0 unspecified atom stereocenters. The molecule has 3 aromatic rings. The molecule has 3 heterocycles. The van der Waals surface area contributed by atoms with Crippen LogP contribution in [0.25, 0.3) is 10.8 Å². The van der Waals surface area contributed by atoms with Crippen molar-refractivity contribution in [2.75, 3.05) is 0 Å². The lowest BCUT2D eigenvalue weighted by Crippen LogP contribution is -2.22. The van der Waals surface area contributed by atoms with Crippen LogP contribution >= 0.6 is 0 Å². The minimum Gasteiger partial charge on any atom is -0.312 e. The first kappa shape index (κ1) is 15.7. The van der Waals surface area contributed by atoms with Gasteiger partial charge in [0.1, 0.15) is 5.69 Å². The molecule has 0 fully saturated rings.